The lowest BCUT2D eigenvalue weighted by Gasteiger charge is -2.25. The van der Waals surface area contributed by atoms with Crippen LogP contribution < -0.4 is 10.6 Å². The molecule has 0 spiro atoms. The van der Waals surface area contributed by atoms with Crippen molar-refractivity contribution < 1.29 is 0 Å². The minimum Gasteiger partial charge on any atom is -0.312 e. The van der Waals surface area contributed by atoms with Gasteiger partial charge in [0.25, 0.3) is 0 Å². The molecular weight excluding hydrogens is 196 g/mol. The molecule has 88 valence electrons. The van der Waals surface area contributed by atoms with Crippen LogP contribution in [0.2, 0.25) is 0 Å². The van der Waals surface area contributed by atoms with Crippen LogP contribution in [0.1, 0.15) is 35.6 Å². The fourth-order valence-corrected chi connectivity index (χ4v) is 2.74. The van der Waals surface area contributed by atoms with E-state index in [0.717, 1.165) is 6.54 Å². The molecule has 0 aromatic heterocycles. The fourth-order valence-electron chi connectivity index (χ4n) is 2.74. The SMILES string of the molecule is CNC(c1ccc(C)cc1C)C1CCCN1. The third-order valence-electron chi connectivity index (χ3n) is 3.57. The summed E-state index contributed by atoms with van der Waals surface area (Å²) in [6.45, 7) is 5.52. The number of nitrogens with one attached hydrogen (secondary N) is 2. The molecule has 1 aliphatic heterocycles. The van der Waals surface area contributed by atoms with E-state index in [1.54, 1.807) is 0 Å². The lowest BCUT2D eigenvalue weighted by molar-refractivity contribution is 0.439. The van der Waals surface area contributed by atoms with Gasteiger partial charge in [-0.15, -0.1) is 0 Å². The van der Waals surface area contributed by atoms with Gasteiger partial charge >= 0.3 is 0 Å². The third kappa shape index (κ3) is 2.28. The summed E-state index contributed by atoms with van der Waals surface area (Å²) >= 11 is 0. The Labute approximate surface area is 98.4 Å². The van der Waals surface area contributed by atoms with E-state index in [4.69, 9.17) is 0 Å². The molecule has 2 N–H and O–H groups in total. The number of aryl methyl sites for hydroxylation is 2. The maximum atomic E-state index is 3.59. The number of hydrogen-bond donors (Lipinski definition) is 2. The Balaban J connectivity index is 2.25. The van der Waals surface area contributed by atoms with Gasteiger partial charge < -0.3 is 10.6 Å². The summed E-state index contributed by atoms with van der Waals surface area (Å²) in [7, 11) is 2.06. The molecule has 1 aliphatic rings. The quantitative estimate of drug-likeness (QED) is 0.813. The molecule has 16 heavy (non-hydrogen) atoms. The van der Waals surface area contributed by atoms with E-state index in [1.165, 1.54) is 29.5 Å². The van der Waals surface area contributed by atoms with Crippen LogP contribution in [-0.4, -0.2) is 19.6 Å². The second-order valence-electron chi connectivity index (χ2n) is 4.83. The molecule has 1 saturated heterocycles. The van der Waals surface area contributed by atoms with E-state index in [1.807, 2.05) is 0 Å². The zero-order valence-electron chi connectivity index (χ0n) is 10.5. The van der Waals surface area contributed by atoms with Crippen LogP contribution in [0, 0.1) is 13.8 Å². The van der Waals surface area contributed by atoms with Gasteiger partial charge in [0.2, 0.25) is 0 Å². The van der Waals surface area contributed by atoms with Crippen molar-refractivity contribution in [2.45, 2.75) is 38.8 Å². The molecular formula is C14H22N2. The van der Waals surface area contributed by atoms with E-state index >= 15 is 0 Å². The Morgan fingerprint density at radius 2 is 2.19 bits per heavy atom. The van der Waals surface area contributed by atoms with Gasteiger partial charge in [-0.05, 0) is 51.4 Å². The zero-order chi connectivity index (χ0) is 11.5. The minimum atomic E-state index is 0.447. The van der Waals surface area contributed by atoms with Crippen molar-refractivity contribution in [1.82, 2.24) is 10.6 Å². The van der Waals surface area contributed by atoms with Crippen molar-refractivity contribution in [2.24, 2.45) is 0 Å². The van der Waals surface area contributed by atoms with Crippen molar-refractivity contribution in [3.63, 3.8) is 0 Å². The summed E-state index contributed by atoms with van der Waals surface area (Å²) in [5.74, 6) is 0. The average Bonchev–Trinajstić information content (AvgIpc) is 2.75. The van der Waals surface area contributed by atoms with Crippen molar-refractivity contribution in [3.8, 4) is 0 Å². The highest BCUT2D eigenvalue weighted by Gasteiger charge is 2.25. The second kappa shape index (κ2) is 4.98. The Kier molecular flexibility index (Phi) is 3.62. The summed E-state index contributed by atoms with van der Waals surface area (Å²) in [4.78, 5) is 0. The van der Waals surface area contributed by atoms with Crippen LogP contribution in [-0.2, 0) is 0 Å². The van der Waals surface area contributed by atoms with Crippen LogP contribution >= 0.6 is 0 Å². The number of rotatable bonds is 3. The second-order valence-corrected chi connectivity index (χ2v) is 4.83. The van der Waals surface area contributed by atoms with Crippen LogP contribution in [0.4, 0.5) is 0 Å². The molecule has 0 aliphatic carbocycles. The predicted octanol–water partition coefficient (Wildman–Crippen LogP) is 2.32. The molecule has 1 fully saturated rings. The standard InChI is InChI=1S/C14H22N2/c1-10-6-7-12(11(2)9-10)14(15-3)13-5-4-8-16-13/h6-7,9,13-16H,4-5,8H2,1-3H3. The molecule has 2 rings (SSSR count). The first-order valence-corrected chi connectivity index (χ1v) is 6.20. The van der Waals surface area contributed by atoms with Crippen molar-refractivity contribution in [2.75, 3.05) is 13.6 Å². The third-order valence-corrected chi connectivity index (χ3v) is 3.57. The molecule has 0 radical (unpaired) electrons. The predicted molar refractivity (Wildman–Crippen MR) is 68.7 cm³/mol. The van der Waals surface area contributed by atoms with Crippen LogP contribution in [0.25, 0.3) is 0 Å². The molecule has 0 bridgehead atoms. The van der Waals surface area contributed by atoms with E-state index in [2.05, 4.69) is 49.7 Å². The largest absolute Gasteiger partial charge is 0.312 e. The number of hydrogen-bond acceptors (Lipinski definition) is 2. The number of benzene rings is 1. The molecule has 0 saturated carbocycles. The first-order valence-electron chi connectivity index (χ1n) is 6.20. The summed E-state index contributed by atoms with van der Waals surface area (Å²) in [6, 6.07) is 7.79. The Morgan fingerprint density at radius 1 is 1.38 bits per heavy atom. The fraction of sp³-hybridized carbons (Fsp3) is 0.571. The monoisotopic (exact) mass is 218 g/mol. The van der Waals surface area contributed by atoms with Crippen LogP contribution in [0.15, 0.2) is 18.2 Å². The van der Waals surface area contributed by atoms with Crippen LogP contribution in [0.3, 0.4) is 0 Å². The first kappa shape index (κ1) is 11.6. The van der Waals surface area contributed by atoms with Crippen molar-refractivity contribution in [3.05, 3.63) is 34.9 Å². The Morgan fingerprint density at radius 3 is 2.75 bits per heavy atom. The van der Waals surface area contributed by atoms with E-state index in [9.17, 15) is 0 Å². The maximum absolute atomic E-state index is 3.59. The molecule has 2 unspecified atom stereocenters. The van der Waals surface area contributed by atoms with Crippen molar-refractivity contribution >= 4 is 0 Å². The topological polar surface area (TPSA) is 24.1 Å². The lowest BCUT2D eigenvalue weighted by Crippen LogP contribution is -2.36. The van der Waals surface area contributed by atoms with E-state index in [-0.39, 0.29) is 0 Å². The molecule has 0 amide bonds. The van der Waals surface area contributed by atoms with Crippen LogP contribution in [0.5, 0.6) is 0 Å². The Bertz CT molecular complexity index is 354. The highest BCUT2D eigenvalue weighted by molar-refractivity contribution is 5.33. The van der Waals surface area contributed by atoms with E-state index < -0.39 is 0 Å². The minimum absolute atomic E-state index is 0.447. The summed E-state index contributed by atoms with van der Waals surface area (Å²) in [5, 5.41) is 7.04. The molecule has 1 heterocycles. The van der Waals surface area contributed by atoms with Gasteiger partial charge in [-0.25, -0.2) is 0 Å². The van der Waals surface area contributed by atoms with Gasteiger partial charge in [0, 0.05) is 12.1 Å². The highest BCUT2D eigenvalue weighted by atomic mass is 15.0. The molecule has 2 nitrogen and oxygen atoms in total. The van der Waals surface area contributed by atoms with Gasteiger partial charge in [0.05, 0.1) is 0 Å². The van der Waals surface area contributed by atoms with Gasteiger partial charge in [-0.2, -0.15) is 0 Å². The first-order chi connectivity index (χ1) is 7.72. The van der Waals surface area contributed by atoms with Gasteiger partial charge in [-0.3, -0.25) is 0 Å². The normalized spacial score (nSPS) is 22.3. The molecule has 1 aromatic carbocycles. The molecule has 2 heteroatoms. The zero-order valence-corrected chi connectivity index (χ0v) is 10.5. The molecule has 1 aromatic rings. The van der Waals surface area contributed by atoms with Crippen molar-refractivity contribution in [1.29, 1.82) is 0 Å². The Hall–Kier alpha value is -0.860. The number of likely N-dealkylation sites (N-methyl/N-ethyl adjacent to an activating group) is 1. The van der Waals surface area contributed by atoms with Gasteiger partial charge in [-0.1, -0.05) is 23.8 Å². The lowest BCUT2D eigenvalue weighted by atomic mass is 9.93. The van der Waals surface area contributed by atoms with Gasteiger partial charge in [0.1, 0.15) is 0 Å². The van der Waals surface area contributed by atoms with E-state index in [0.29, 0.717) is 12.1 Å². The summed E-state index contributed by atoms with van der Waals surface area (Å²) in [6.07, 6.45) is 2.58. The molecule has 2 atom stereocenters. The maximum Gasteiger partial charge on any atom is 0.0476 e. The highest BCUT2D eigenvalue weighted by Crippen LogP contribution is 2.25. The van der Waals surface area contributed by atoms with Gasteiger partial charge in [0.15, 0.2) is 0 Å². The average molecular weight is 218 g/mol. The smallest absolute Gasteiger partial charge is 0.0476 e. The summed E-state index contributed by atoms with van der Waals surface area (Å²) in [5.41, 5.74) is 4.18. The summed E-state index contributed by atoms with van der Waals surface area (Å²) < 4.78 is 0.